The summed E-state index contributed by atoms with van der Waals surface area (Å²) in [6.07, 6.45) is 3.15. The standard InChI is InChI=1S/C10H10FNO3S/c1-16(14,15)9-4-3-8(11)6-7(9)2-5-10(12)13/h2-6H,1H3,(H2,12,13)/b5-2+. The molecule has 0 radical (unpaired) electrons. The maximum absolute atomic E-state index is 12.9. The van der Waals surface area contributed by atoms with E-state index in [1.54, 1.807) is 0 Å². The molecule has 86 valence electrons. The topological polar surface area (TPSA) is 77.2 Å². The van der Waals surface area contributed by atoms with E-state index < -0.39 is 21.6 Å². The predicted molar refractivity (Wildman–Crippen MR) is 57.7 cm³/mol. The van der Waals surface area contributed by atoms with Crippen LogP contribution in [0.4, 0.5) is 4.39 Å². The minimum Gasteiger partial charge on any atom is -0.366 e. The van der Waals surface area contributed by atoms with Crippen molar-refractivity contribution in [1.29, 1.82) is 0 Å². The monoisotopic (exact) mass is 243 g/mol. The van der Waals surface area contributed by atoms with Gasteiger partial charge in [0.25, 0.3) is 0 Å². The van der Waals surface area contributed by atoms with Crippen molar-refractivity contribution in [3.05, 3.63) is 35.7 Å². The molecule has 0 saturated carbocycles. The van der Waals surface area contributed by atoms with Crippen molar-refractivity contribution in [2.24, 2.45) is 5.73 Å². The van der Waals surface area contributed by atoms with Crippen LogP contribution in [0.1, 0.15) is 5.56 Å². The number of hydrogen-bond donors (Lipinski definition) is 1. The van der Waals surface area contributed by atoms with E-state index in [-0.39, 0.29) is 10.5 Å². The second-order valence-corrected chi connectivity index (χ2v) is 5.17. The van der Waals surface area contributed by atoms with Gasteiger partial charge in [0.15, 0.2) is 9.84 Å². The highest BCUT2D eigenvalue weighted by Crippen LogP contribution is 2.18. The maximum atomic E-state index is 12.9. The number of rotatable bonds is 3. The number of carbonyl (C=O) groups excluding carboxylic acids is 1. The first-order valence-corrected chi connectivity index (χ1v) is 6.17. The number of halogens is 1. The molecule has 0 bridgehead atoms. The normalized spacial score (nSPS) is 11.9. The molecular weight excluding hydrogens is 233 g/mol. The number of primary amides is 1. The Kier molecular flexibility index (Phi) is 3.44. The molecule has 0 spiro atoms. The summed E-state index contributed by atoms with van der Waals surface area (Å²) >= 11 is 0. The van der Waals surface area contributed by atoms with Crippen molar-refractivity contribution < 1.29 is 17.6 Å². The molecule has 6 heteroatoms. The van der Waals surface area contributed by atoms with E-state index >= 15 is 0 Å². The van der Waals surface area contributed by atoms with E-state index in [9.17, 15) is 17.6 Å². The second-order valence-electron chi connectivity index (χ2n) is 3.19. The summed E-state index contributed by atoms with van der Waals surface area (Å²) in [7, 11) is -3.47. The lowest BCUT2D eigenvalue weighted by molar-refractivity contribution is -0.113. The van der Waals surface area contributed by atoms with Crippen LogP contribution in [0.2, 0.25) is 0 Å². The third-order valence-electron chi connectivity index (χ3n) is 1.80. The highest BCUT2D eigenvalue weighted by molar-refractivity contribution is 7.90. The fourth-order valence-corrected chi connectivity index (χ4v) is 2.03. The number of amides is 1. The van der Waals surface area contributed by atoms with Crippen LogP contribution in [0.25, 0.3) is 6.08 Å². The van der Waals surface area contributed by atoms with Crippen LogP contribution in [0.5, 0.6) is 0 Å². The molecule has 0 aliphatic heterocycles. The SMILES string of the molecule is CS(=O)(=O)c1ccc(F)cc1/C=C/C(N)=O. The lowest BCUT2D eigenvalue weighted by atomic mass is 10.2. The number of sulfone groups is 1. The summed E-state index contributed by atoms with van der Waals surface area (Å²) in [5.74, 6) is -1.32. The van der Waals surface area contributed by atoms with E-state index in [0.717, 1.165) is 30.5 Å². The van der Waals surface area contributed by atoms with Gasteiger partial charge in [-0.2, -0.15) is 0 Å². The van der Waals surface area contributed by atoms with Crippen molar-refractivity contribution in [2.75, 3.05) is 6.26 Å². The molecule has 0 heterocycles. The zero-order valence-electron chi connectivity index (χ0n) is 8.48. The minimum absolute atomic E-state index is 0.0496. The molecule has 4 nitrogen and oxygen atoms in total. The van der Waals surface area contributed by atoms with Gasteiger partial charge in [-0.25, -0.2) is 12.8 Å². The molecule has 0 aliphatic rings. The largest absolute Gasteiger partial charge is 0.366 e. The lowest BCUT2D eigenvalue weighted by Crippen LogP contribution is -2.06. The van der Waals surface area contributed by atoms with Gasteiger partial charge in [-0.3, -0.25) is 4.79 Å². The molecule has 1 amide bonds. The third-order valence-corrected chi connectivity index (χ3v) is 2.97. The van der Waals surface area contributed by atoms with Crippen LogP contribution in [-0.4, -0.2) is 20.6 Å². The van der Waals surface area contributed by atoms with Gasteiger partial charge < -0.3 is 5.73 Å². The minimum atomic E-state index is -3.47. The molecule has 0 unspecified atom stereocenters. The Balaban J connectivity index is 3.35. The van der Waals surface area contributed by atoms with Crippen molar-refractivity contribution in [3.8, 4) is 0 Å². The van der Waals surface area contributed by atoms with E-state index in [4.69, 9.17) is 5.73 Å². The number of nitrogens with two attached hydrogens (primary N) is 1. The smallest absolute Gasteiger partial charge is 0.241 e. The van der Waals surface area contributed by atoms with Crippen LogP contribution >= 0.6 is 0 Å². The van der Waals surface area contributed by atoms with Crippen LogP contribution in [-0.2, 0) is 14.6 Å². The molecule has 1 aromatic carbocycles. The van der Waals surface area contributed by atoms with E-state index in [2.05, 4.69) is 0 Å². The first-order chi connectivity index (χ1) is 7.30. The highest BCUT2D eigenvalue weighted by Gasteiger charge is 2.12. The number of benzene rings is 1. The fourth-order valence-electron chi connectivity index (χ4n) is 1.16. The Morgan fingerprint density at radius 2 is 2.06 bits per heavy atom. The molecule has 0 atom stereocenters. The summed E-state index contributed by atoms with van der Waals surface area (Å²) < 4.78 is 35.6. The van der Waals surface area contributed by atoms with Gasteiger partial charge in [0.2, 0.25) is 5.91 Å². The van der Waals surface area contributed by atoms with Crippen molar-refractivity contribution in [1.82, 2.24) is 0 Å². The first kappa shape index (κ1) is 12.4. The van der Waals surface area contributed by atoms with Gasteiger partial charge in [-0.05, 0) is 29.8 Å². The average molecular weight is 243 g/mol. The van der Waals surface area contributed by atoms with Crippen molar-refractivity contribution in [2.45, 2.75) is 4.90 Å². The highest BCUT2D eigenvalue weighted by atomic mass is 32.2. The van der Waals surface area contributed by atoms with Gasteiger partial charge in [-0.15, -0.1) is 0 Å². The van der Waals surface area contributed by atoms with Crippen LogP contribution in [0, 0.1) is 5.82 Å². The Bertz CT molecular complexity index is 549. The summed E-state index contributed by atoms with van der Waals surface area (Å²) in [4.78, 5) is 10.5. The molecule has 0 aromatic heterocycles. The molecule has 1 rings (SSSR count). The van der Waals surface area contributed by atoms with E-state index in [0.29, 0.717) is 0 Å². The molecule has 1 aromatic rings. The first-order valence-electron chi connectivity index (χ1n) is 4.28. The molecule has 0 saturated heterocycles. The van der Waals surface area contributed by atoms with Gasteiger partial charge in [0.1, 0.15) is 5.82 Å². The van der Waals surface area contributed by atoms with E-state index in [1.807, 2.05) is 0 Å². The molecule has 16 heavy (non-hydrogen) atoms. The summed E-state index contributed by atoms with van der Waals surface area (Å²) in [6.45, 7) is 0. The summed E-state index contributed by atoms with van der Waals surface area (Å²) in [5, 5.41) is 0. The van der Waals surface area contributed by atoms with Gasteiger partial charge in [-0.1, -0.05) is 0 Å². The molecule has 0 fully saturated rings. The number of hydrogen-bond acceptors (Lipinski definition) is 3. The third kappa shape index (κ3) is 3.16. The zero-order valence-corrected chi connectivity index (χ0v) is 9.29. The quantitative estimate of drug-likeness (QED) is 0.628. The maximum Gasteiger partial charge on any atom is 0.241 e. The average Bonchev–Trinajstić information content (AvgIpc) is 2.12. The van der Waals surface area contributed by atoms with Crippen LogP contribution < -0.4 is 5.73 Å². The van der Waals surface area contributed by atoms with Gasteiger partial charge >= 0.3 is 0 Å². The predicted octanol–water partition coefficient (Wildman–Crippen LogP) is 0.728. The van der Waals surface area contributed by atoms with Crippen molar-refractivity contribution in [3.63, 3.8) is 0 Å². The fraction of sp³-hybridized carbons (Fsp3) is 0.100. The van der Waals surface area contributed by atoms with E-state index in [1.165, 1.54) is 6.08 Å². The molecule has 0 aliphatic carbocycles. The molecular formula is C10H10FNO3S. The molecule has 2 N–H and O–H groups in total. The second kappa shape index (κ2) is 4.44. The van der Waals surface area contributed by atoms with Gasteiger partial charge in [0.05, 0.1) is 4.90 Å². The Morgan fingerprint density at radius 3 is 2.56 bits per heavy atom. The number of carbonyl (C=O) groups is 1. The van der Waals surface area contributed by atoms with Crippen LogP contribution in [0.15, 0.2) is 29.2 Å². The Morgan fingerprint density at radius 1 is 1.44 bits per heavy atom. The zero-order chi connectivity index (χ0) is 12.3. The Labute approximate surface area is 92.5 Å². The lowest BCUT2D eigenvalue weighted by Gasteiger charge is -2.03. The van der Waals surface area contributed by atoms with Gasteiger partial charge in [0, 0.05) is 12.3 Å². The summed E-state index contributed by atoms with van der Waals surface area (Å²) in [6, 6.07) is 3.21. The Hall–Kier alpha value is -1.69. The van der Waals surface area contributed by atoms with Crippen molar-refractivity contribution >= 4 is 21.8 Å². The summed E-state index contributed by atoms with van der Waals surface area (Å²) in [5.41, 5.74) is 4.97. The van der Waals surface area contributed by atoms with Crippen LogP contribution in [0.3, 0.4) is 0 Å².